The van der Waals surface area contributed by atoms with Crippen LogP contribution in [0.2, 0.25) is 0 Å². The molecule has 0 bridgehead atoms. The Labute approximate surface area is 142 Å². The van der Waals surface area contributed by atoms with Gasteiger partial charge in [0.05, 0.1) is 0 Å². The van der Waals surface area contributed by atoms with E-state index in [2.05, 4.69) is 25.3 Å². The molecule has 24 heavy (non-hydrogen) atoms. The van der Waals surface area contributed by atoms with Gasteiger partial charge in [-0.15, -0.1) is 0 Å². The average molecular weight is 310 g/mol. The molecule has 0 aliphatic rings. The van der Waals surface area contributed by atoms with Gasteiger partial charge in [0.15, 0.2) is 5.78 Å². The van der Waals surface area contributed by atoms with E-state index in [1.165, 1.54) is 0 Å². The normalized spacial score (nSPS) is 10.2. The van der Waals surface area contributed by atoms with E-state index in [4.69, 9.17) is 0 Å². The second-order valence-electron chi connectivity index (χ2n) is 5.57. The maximum absolute atomic E-state index is 12.6. The fourth-order valence-corrected chi connectivity index (χ4v) is 2.63. The maximum atomic E-state index is 12.6. The third kappa shape index (κ3) is 3.26. The molecule has 1 heteroatoms. The van der Waals surface area contributed by atoms with Gasteiger partial charge >= 0.3 is 0 Å². The van der Waals surface area contributed by atoms with Crippen LogP contribution in [0.1, 0.15) is 27.0 Å². The monoisotopic (exact) mass is 310 g/mol. The molecule has 1 nitrogen and oxygen atoms in total. The largest absolute Gasteiger partial charge is 0.289 e. The predicted molar refractivity (Wildman–Crippen MR) is 102 cm³/mol. The van der Waals surface area contributed by atoms with Gasteiger partial charge in [-0.2, -0.15) is 0 Å². The lowest BCUT2D eigenvalue weighted by atomic mass is 9.98. The Morgan fingerprint density at radius 1 is 0.667 bits per heavy atom. The van der Waals surface area contributed by atoms with Crippen LogP contribution in [0.3, 0.4) is 0 Å². The summed E-state index contributed by atoms with van der Waals surface area (Å²) in [6, 6.07) is 23.4. The zero-order valence-corrected chi connectivity index (χ0v) is 13.4. The van der Waals surface area contributed by atoms with E-state index >= 15 is 0 Å². The Morgan fingerprint density at radius 3 is 1.96 bits per heavy atom. The molecule has 3 aromatic carbocycles. The summed E-state index contributed by atoms with van der Waals surface area (Å²) in [6.45, 7) is 7.54. The maximum Gasteiger partial charge on any atom is 0.193 e. The summed E-state index contributed by atoms with van der Waals surface area (Å²) in [7, 11) is 0. The fourth-order valence-electron chi connectivity index (χ4n) is 2.63. The number of carbonyl (C=O) groups is 1. The molecule has 0 fully saturated rings. The zero-order chi connectivity index (χ0) is 16.9. The third-order valence-electron chi connectivity index (χ3n) is 3.99. The molecule has 0 aliphatic carbocycles. The lowest BCUT2D eigenvalue weighted by Crippen LogP contribution is -2.01. The van der Waals surface area contributed by atoms with Crippen molar-refractivity contribution in [2.45, 2.75) is 0 Å². The van der Waals surface area contributed by atoms with E-state index in [0.717, 1.165) is 22.3 Å². The van der Waals surface area contributed by atoms with Crippen LogP contribution in [-0.4, -0.2) is 5.78 Å². The Hall–Kier alpha value is -3.19. The Bertz CT molecular complexity index is 901. The number of benzene rings is 3. The molecule has 0 N–H and O–H groups in total. The van der Waals surface area contributed by atoms with Crippen molar-refractivity contribution >= 4 is 17.9 Å². The Morgan fingerprint density at radius 2 is 1.29 bits per heavy atom. The van der Waals surface area contributed by atoms with Crippen LogP contribution < -0.4 is 0 Å². The van der Waals surface area contributed by atoms with Crippen molar-refractivity contribution in [3.05, 3.63) is 108 Å². The van der Waals surface area contributed by atoms with E-state index < -0.39 is 0 Å². The second kappa shape index (κ2) is 6.93. The highest BCUT2D eigenvalue weighted by Gasteiger charge is 2.09. The van der Waals surface area contributed by atoms with Crippen molar-refractivity contribution in [3.63, 3.8) is 0 Å². The summed E-state index contributed by atoms with van der Waals surface area (Å²) in [5, 5.41) is 0. The van der Waals surface area contributed by atoms with E-state index in [1.54, 1.807) is 6.08 Å². The van der Waals surface area contributed by atoms with Crippen LogP contribution in [0, 0.1) is 0 Å². The first-order valence-corrected chi connectivity index (χ1v) is 7.81. The molecule has 0 heterocycles. The summed E-state index contributed by atoms with van der Waals surface area (Å²) in [5.41, 5.74) is 5.57. The quantitative estimate of drug-likeness (QED) is 0.539. The summed E-state index contributed by atoms with van der Waals surface area (Å²) in [6.07, 6.45) is 3.57. The minimum absolute atomic E-state index is 0.0186. The standard InChI is InChI=1S/C23H18O/c1-3-17-7-5-9-21(15-17)19-11-13-20(14-12-19)23(24)22-10-6-8-18(4-2)16-22/h3-16H,1-2H2. The summed E-state index contributed by atoms with van der Waals surface area (Å²) in [4.78, 5) is 12.6. The SMILES string of the molecule is C=Cc1cccc(C(=O)c2ccc(-c3cccc(C=C)c3)cc2)c1. The molecular weight excluding hydrogens is 292 g/mol. The average Bonchev–Trinajstić information content (AvgIpc) is 2.67. The molecule has 0 aromatic heterocycles. The minimum Gasteiger partial charge on any atom is -0.289 e. The first kappa shape index (κ1) is 15.7. The van der Waals surface area contributed by atoms with Gasteiger partial charge in [0.1, 0.15) is 0 Å². The van der Waals surface area contributed by atoms with Crippen LogP contribution in [-0.2, 0) is 0 Å². The predicted octanol–water partition coefficient (Wildman–Crippen LogP) is 5.87. The van der Waals surface area contributed by atoms with E-state index in [9.17, 15) is 4.79 Å². The third-order valence-corrected chi connectivity index (χ3v) is 3.99. The van der Waals surface area contributed by atoms with Gasteiger partial charge in [0.25, 0.3) is 0 Å². The topological polar surface area (TPSA) is 17.1 Å². The van der Waals surface area contributed by atoms with Crippen molar-refractivity contribution in [2.75, 3.05) is 0 Å². The lowest BCUT2D eigenvalue weighted by Gasteiger charge is -2.06. The fraction of sp³-hybridized carbons (Fsp3) is 0. The smallest absolute Gasteiger partial charge is 0.193 e. The summed E-state index contributed by atoms with van der Waals surface area (Å²) >= 11 is 0. The molecule has 0 amide bonds. The van der Waals surface area contributed by atoms with Crippen molar-refractivity contribution in [3.8, 4) is 11.1 Å². The van der Waals surface area contributed by atoms with E-state index in [-0.39, 0.29) is 5.78 Å². The van der Waals surface area contributed by atoms with E-state index in [0.29, 0.717) is 11.1 Å². The van der Waals surface area contributed by atoms with Gasteiger partial charge < -0.3 is 0 Å². The lowest BCUT2D eigenvalue weighted by molar-refractivity contribution is 0.103. The molecule has 0 saturated heterocycles. The van der Waals surface area contributed by atoms with Gasteiger partial charge in [0, 0.05) is 11.1 Å². The number of hydrogen-bond acceptors (Lipinski definition) is 1. The van der Waals surface area contributed by atoms with Crippen molar-refractivity contribution in [2.24, 2.45) is 0 Å². The van der Waals surface area contributed by atoms with Crippen molar-refractivity contribution in [1.29, 1.82) is 0 Å². The molecule has 116 valence electrons. The summed E-state index contributed by atoms with van der Waals surface area (Å²) in [5.74, 6) is 0.0186. The van der Waals surface area contributed by atoms with Gasteiger partial charge in [0.2, 0.25) is 0 Å². The number of carbonyl (C=O) groups excluding carboxylic acids is 1. The highest BCUT2D eigenvalue weighted by Crippen LogP contribution is 2.22. The number of rotatable bonds is 5. The molecule has 0 spiro atoms. The molecule has 0 atom stereocenters. The molecule has 3 aromatic rings. The van der Waals surface area contributed by atoms with Crippen LogP contribution in [0.4, 0.5) is 0 Å². The molecule has 0 radical (unpaired) electrons. The number of ketones is 1. The molecule has 0 saturated carbocycles. The summed E-state index contributed by atoms with van der Waals surface area (Å²) < 4.78 is 0. The molecular formula is C23H18O. The molecule has 0 aliphatic heterocycles. The van der Waals surface area contributed by atoms with Gasteiger partial charge in [-0.1, -0.05) is 86.0 Å². The van der Waals surface area contributed by atoms with Crippen LogP contribution in [0.5, 0.6) is 0 Å². The van der Waals surface area contributed by atoms with Crippen LogP contribution in [0.25, 0.3) is 23.3 Å². The zero-order valence-electron chi connectivity index (χ0n) is 13.4. The van der Waals surface area contributed by atoms with Crippen LogP contribution >= 0.6 is 0 Å². The first-order valence-electron chi connectivity index (χ1n) is 7.81. The van der Waals surface area contributed by atoms with Crippen molar-refractivity contribution < 1.29 is 4.79 Å². The van der Waals surface area contributed by atoms with Gasteiger partial charge in [-0.25, -0.2) is 0 Å². The molecule has 0 unspecified atom stereocenters. The second-order valence-corrected chi connectivity index (χ2v) is 5.57. The van der Waals surface area contributed by atoms with E-state index in [1.807, 2.05) is 66.7 Å². The van der Waals surface area contributed by atoms with Gasteiger partial charge in [-0.3, -0.25) is 4.79 Å². The van der Waals surface area contributed by atoms with Crippen LogP contribution in [0.15, 0.2) is 86.0 Å². The Kier molecular flexibility index (Phi) is 4.53. The molecule has 3 rings (SSSR count). The Balaban J connectivity index is 1.89. The minimum atomic E-state index is 0.0186. The van der Waals surface area contributed by atoms with Gasteiger partial charge in [-0.05, 0) is 34.4 Å². The highest BCUT2D eigenvalue weighted by atomic mass is 16.1. The van der Waals surface area contributed by atoms with Crippen molar-refractivity contribution in [1.82, 2.24) is 0 Å². The number of hydrogen-bond donors (Lipinski definition) is 0. The highest BCUT2D eigenvalue weighted by molar-refractivity contribution is 6.09. The first-order chi connectivity index (χ1) is 11.7.